The van der Waals surface area contributed by atoms with E-state index in [0.717, 1.165) is 23.7 Å². The second kappa shape index (κ2) is 4.21. The third-order valence-electron chi connectivity index (χ3n) is 3.02. The van der Waals surface area contributed by atoms with E-state index in [4.69, 9.17) is 0 Å². The number of aromatic nitrogens is 1. The van der Waals surface area contributed by atoms with E-state index in [0.29, 0.717) is 16.6 Å². The molecule has 1 aromatic heterocycles. The average Bonchev–Trinajstić information content (AvgIpc) is 2.79. The van der Waals surface area contributed by atoms with Gasteiger partial charge in [-0.3, -0.25) is 0 Å². The molecule has 1 N–H and O–H groups in total. The normalized spacial score (nSPS) is 10.6. The lowest BCUT2D eigenvalue weighted by Gasteiger charge is -2.01. The molecule has 0 atom stereocenters. The summed E-state index contributed by atoms with van der Waals surface area (Å²) in [5, 5.41) is 9.94. The number of aromatic amines is 1. The number of benzene rings is 2. The number of H-pyrrole nitrogens is 1. The highest BCUT2D eigenvalue weighted by Gasteiger charge is 2.16. The van der Waals surface area contributed by atoms with Crippen LogP contribution < -0.4 is 0 Å². The fourth-order valence-corrected chi connectivity index (χ4v) is 2.15. The van der Waals surface area contributed by atoms with Crippen LogP contribution in [0.2, 0.25) is 0 Å². The molecule has 0 fully saturated rings. The largest absolute Gasteiger partial charge is 0.353 e. The smallest absolute Gasteiger partial charge is 0.132 e. The van der Waals surface area contributed by atoms with Gasteiger partial charge < -0.3 is 4.98 Å². The van der Waals surface area contributed by atoms with Crippen molar-refractivity contribution < 1.29 is 8.78 Å². The molecule has 0 aliphatic carbocycles. The number of rotatable bonds is 1. The van der Waals surface area contributed by atoms with Crippen LogP contribution in [0.1, 0.15) is 5.56 Å². The van der Waals surface area contributed by atoms with Gasteiger partial charge in [0.1, 0.15) is 17.7 Å². The minimum atomic E-state index is -0.565. The molecule has 0 bridgehead atoms. The third kappa shape index (κ3) is 1.76. The maximum absolute atomic E-state index is 13.8. The van der Waals surface area contributed by atoms with Crippen molar-refractivity contribution >= 4 is 10.9 Å². The van der Waals surface area contributed by atoms with Crippen LogP contribution >= 0.6 is 0 Å². The summed E-state index contributed by atoms with van der Waals surface area (Å²) >= 11 is 0. The van der Waals surface area contributed by atoms with E-state index in [1.54, 1.807) is 18.2 Å². The molecular formula is C15H8F2N2. The van der Waals surface area contributed by atoms with E-state index in [1.165, 1.54) is 0 Å². The number of nitrogens with one attached hydrogen (secondary N) is 1. The molecule has 0 saturated carbocycles. The zero-order valence-electron chi connectivity index (χ0n) is 9.74. The number of hydrogen-bond acceptors (Lipinski definition) is 1. The van der Waals surface area contributed by atoms with E-state index in [-0.39, 0.29) is 5.56 Å². The summed E-state index contributed by atoms with van der Waals surface area (Å²) < 4.78 is 27.1. The number of fused-ring (bicyclic) bond motifs is 1. The first-order valence-corrected chi connectivity index (χ1v) is 5.67. The predicted molar refractivity (Wildman–Crippen MR) is 68.4 cm³/mol. The number of para-hydroxylation sites is 1. The van der Waals surface area contributed by atoms with Crippen molar-refractivity contribution in [2.45, 2.75) is 0 Å². The average molecular weight is 254 g/mol. The minimum Gasteiger partial charge on any atom is -0.353 e. The summed E-state index contributed by atoms with van der Waals surface area (Å²) in [6.45, 7) is 0. The minimum absolute atomic E-state index is 0.0627. The van der Waals surface area contributed by atoms with Crippen molar-refractivity contribution in [3.8, 4) is 17.3 Å². The summed E-state index contributed by atoms with van der Waals surface area (Å²) in [5.41, 5.74) is 1.41. The van der Waals surface area contributed by atoms with Crippen molar-refractivity contribution in [1.82, 2.24) is 4.98 Å². The molecule has 4 heteroatoms. The molecular weight excluding hydrogens is 246 g/mol. The van der Waals surface area contributed by atoms with Crippen molar-refractivity contribution in [1.29, 1.82) is 5.26 Å². The SMILES string of the molecule is N#Cc1c(-c2cc(F)ccc2F)[nH]c2ccccc12. The van der Waals surface area contributed by atoms with E-state index in [9.17, 15) is 14.0 Å². The van der Waals surface area contributed by atoms with Crippen molar-refractivity contribution in [3.05, 3.63) is 59.7 Å². The molecule has 1 heterocycles. The molecule has 0 amide bonds. The summed E-state index contributed by atoms with van der Waals surface area (Å²) in [6, 6.07) is 12.4. The number of nitriles is 1. The first kappa shape index (κ1) is 11.4. The van der Waals surface area contributed by atoms with Crippen molar-refractivity contribution in [2.24, 2.45) is 0 Å². The Balaban J connectivity index is 2.37. The molecule has 92 valence electrons. The van der Waals surface area contributed by atoms with Crippen LogP contribution in [0.15, 0.2) is 42.5 Å². The molecule has 0 saturated heterocycles. The van der Waals surface area contributed by atoms with E-state index >= 15 is 0 Å². The Morgan fingerprint density at radius 2 is 1.84 bits per heavy atom. The quantitative estimate of drug-likeness (QED) is 0.700. The van der Waals surface area contributed by atoms with Gasteiger partial charge in [-0.2, -0.15) is 5.26 Å². The molecule has 19 heavy (non-hydrogen) atoms. The van der Waals surface area contributed by atoms with Crippen LogP contribution in [0.3, 0.4) is 0 Å². The van der Waals surface area contributed by atoms with Crippen LogP contribution in [-0.2, 0) is 0 Å². The van der Waals surface area contributed by atoms with Crippen molar-refractivity contribution in [3.63, 3.8) is 0 Å². The zero-order chi connectivity index (χ0) is 13.4. The second-order valence-corrected chi connectivity index (χ2v) is 4.16. The van der Waals surface area contributed by atoms with Gasteiger partial charge in [0.25, 0.3) is 0 Å². The molecule has 3 rings (SSSR count). The van der Waals surface area contributed by atoms with Crippen LogP contribution in [0.25, 0.3) is 22.2 Å². The van der Waals surface area contributed by atoms with Crippen molar-refractivity contribution in [2.75, 3.05) is 0 Å². The monoisotopic (exact) mass is 254 g/mol. The number of nitrogens with zero attached hydrogens (tertiary/aromatic N) is 1. The maximum Gasteiger partial charge on any atom is 0.132 e. The molecule has 0 aliphatic heterocycles. The maximum atomic E-state index is 13.8. The van der Waals surface area contributed by atoms with E-state index in [1.807, 2.05) is 12.1 Å². The Morgan fingerprint density at radius 1 is 1.05 bits per heavy atom. The van der Waals surface area contributed by atoms with Crippen LogP contribution in [0, 0.1) is 23.0 Å². The fraction of sp³-hybridized carbons (Fsp3) is 0. The van der Waals surface area contributed by atoms with Crippen LogP contribution in [0.5, 0.6) is 0 Å². The summed E-state index contributed by atoms with van der Waals surface area (Å²) in [6.07, 6.45) is 0. The molecule has 3 aromatic rings. The molecule has 0 aliphatic rings. The molecule has 2 nitrogen and oxygen atoms in total. The Hall–Kier alpha value is -2.67. The van der Waals surface area contributed by atoms with Gasteiger partial charge >= 0.3 is 0 Å². The third-order valence-corrected chi connectivity index (χ3v) is 3.02. The molecule has 2 aromatic carbocycles. The molecule has 0 unspecified atom stereocenters. The number of halogens is 2. The first-order valence-electron chi connectivity index (χ1n) is 5.67. The Bertz CT molecular complexity index is 813. The summed E-state index contributed by atoms with van der Waals surface area (Å²) in [5.74, 6) is -1.11. The second-order valence-electron chi connectivity index (χ2n) is 4.16. The topological polar surface area (TPSA) is 39.6 Å². The summed E-state index contributed by atoms with van der Waals surface area (Å²) in [7, 11) is 0. The Morgan fingerprint density at radius 3 is 2.63 bits per heavy atom. The highest BCUT2D eigenvalue weighted by molar-refractivity contribution is 5.93. The van der Waals surface area contributed by atoms with Gasteiger partial charge in [-0.15, -0.1) is 0 Å². The fourth-order valence-electron chi connectivity index (χ4n) is 2.15. The van der Waals surface area contributed by atoms with Crippen LogP contribution in [-0.4, -0.2) is 4.98 Å². The zero-order valence-corrected chi connectivity index (χ0v) is 9.74. The Labute approximate surface area is 107 Å². The molecule has 0 spiro atoms. The van der Waals surface area contributed by atoms with Gasteiger partial charge in [0.15, 0.2) is 0 Å². The number of hydrogen-bond donors (Lipinski definition) is 1. The lowest BCUT2D eigenvalue weighted by Crippen LogP contribution is -1.88. The molecule has 0 radical (unpaired) electrons. The van der Waals surface area contributed by atoms with Gasteiger partial charge in [-0.05, 0) is 24.3 Å². The van der Waals surface area contributed by atoms with E-state index < -0.39 is 11.6 Å². The Kier molecular flexibility index (Phi) is 2.53. The van der Waals surface area contributed by atoms with E-state index in [2.05, 4.69) is 4.98 Å². The highest BCUT2D eigenvalue weighted by Crippen LogP contribution is 2.31. The van der Waals surface area contributed by atoms with Gasteiger partial charge in [0.05, 0.1) is 11.3 Å². The van der Waals surface area contributed by atoms with Crippen LogP contribution in [0.4, 0.5) is 8.78 Å². The van der Waals surface area contributed by atoms with Gasteiger partial charge in [0.2, 0.25) is 0 Å². The predicted octanol–water partition coefficient (Wildman–Crippen LogP) is 3.98. The lowest BCUT2D eigenvalue weighted by atomic mass is 10.1. The van der Waals surface area contributed by atoms with Gasteiger partial charge in [0, 0.05) is 16.5 Å². The lowest BCUT2D eigenvalue weighted by molar-refractivity contribution is 0.603. The first-order chi connectivity index (χ1) is 9.20. The van der Waals surface area contributed by atoms with Gasteiger partial charge in [-0.25, -0.2) is 8.78 Å². The summed E-state index contributed by atoms with van der Waals surface area (Å²) in [4.78, 5) is 2.97. The highest BCUT2D eigenvalue weighted by atomic mass is 19.1. The standard InChI is InChI=1S/C15H8F2N2/c16-9-5-6-13(17)11(7-9)15-12(8-18)10-3-1-2-4-14(10)19-15/h1-7,19H. The van der Waals surface area contributed by atoms with Gasteiger partial charge in [-0.1, -0.05) is 18.2 Å².